The second kappa shape index (κ2) is 8.33. The molecule has 1 heterocycles. The zero-order chi connectivity index (χ0) is 18.5. The number of nitrogens with zero attached hydrogens (tertiary/aromatic N) is 2. The van der Waals surface area contributed by atoms with Crippen LogP contribution in [0.1, 0.15) is 18.5 Å². The predicted octanol–water partition coefficient (Wildman–Crippen LogP) is 1.52. The van der Waals surface area contributed by atoms with E-state index in [4.69, 9.17) is 0 Å². The monoisotopic (exact) mass is 378 g/mol. The van der Waals surface area contributed by atoms with Crippen LogP contribution in [0.4, 0.5) is 10.1 Å². The summed E-state index contributed by atoms with van der Waals surface area (Å²) in [6.07, 6.45) is 3.46. The molecule has 0 bridgehead atoms. The highest BCUT2D eigenvalue weighted by atomic mass is 32.2. The van der Waals surface area contributed by atoms with Crippen LogP contribution in [-0.4, -0.2) is 38.3 Å². The number of aliphatic hydroxyl groups excluding tert-OH is 1. The first-order chi connectivity index (χ1) is 12.5. The van der Waals surface area contributed by atoms with Gasteiger partial charge >= 0.3 is 0 Å². The number of hydrogen-bond donors (Lipinski definition) is 3. The number of aromatic nitrogens is 2. The molecule has 26 heavy (non-hydrogen) atoms. The molecular formula is C17H19FN4O3S. The van der Waals surface area contributed by atoms with E-state index in [1.807, 2.05) is 0 Å². The highest BCUT2D eigenvalue weighted by Crippen LogP contribution is 2.21. The number of halogens is 1. The topological polar surface area (TPSA) is 96.2 Å². The fourth-order valence-corrected chi connectivity index (χ4v) is 3.14. The molecule has 7 nitrogen and oxygen atoms in total. The summed E-state index contributed by atoms with van der Waals surface area (Å²) in [5.41, 5.74) is 0.878. The van der Waals surface area contributed by atoms with Crippen molar-refractivity contribution in [1.29, 1.82) is 0 Å². The summed E-state index contributed by atoms with van der Waals surface area (Å²) >= 11 is 1.15. The third-order valence-electron chi connectivity index (χ3n) is 3.75. The minimum absolute atomic E-state index is 0.0419. The lowest BCUT2D eigenvalue weighted by Gasteiger charge is -2.11. The van der Waals surface area contributed by atoms with E-state index in [0.29, 0.717) is 16.5 Å². The van der Waals surface area contributed by atoms with Crippen molar-refractivity contribution in [3.63, 3.8) is 0 Å². The molecule has 0 radical (unpaired) electrons. The molecule has 0 saturated heterocycles. The Labute approximate surface area is 154 Å². The molecule has 1 aliphatic rings. The molecule has 3 N–H and O–H groups in total. The number of rotatable bonds is 8. The maximum atomic E-state index is 13.1. The number of anilines is 1. The van der Waals surface area contributed by atoms with Gasteiger partial charge < -0.3 is 20.3 Å². The van der Waals surface area contributed by atoms with Gasteiger partial charge in [-0.1, -0.05) is 17.8 Å². The van der Waals surface area contributed by atoms with E-state index in [-0.39, 0.29) is 36.8 Å². The number of imidazole rings is 1. The number of thioether (sulfide) groups is 1. The van der Waals surface area contributed by atoms with E-state index >= 15 is 0 Å². The molecule has 9 heteroatoms. The lowest BCUT2D eigenvalue weighted by molar-refractivity contribution is -0.122. The van der Waals surface area contributed by atoms with E-state index in [9.17, 15) is 19.1 Å². The maximum Gasteiger partial charge on any atom is 0.240 e. The van der Waals surface area contributed by atoms with E-state index < -0.39 is 5.82 Å². The lowest BCUT2D eigenvalue weighted by Crippen LogP contribution is -2.30. The summed E-state index contributed by atoms with van der Waals surface area (Å²) in [6, 6.07) is 5.88. The molecule has 3 rings (SSSR count). The van der Waals surface area contributed by atoms with Crippen LogP contribution in [-0.2, 0) is 22.7 Å². The number of aliphatic hydroxyl groups is 1. The first-order valence-electron chi connectivity index (χ1n) is 8.18. The number of nitrogens with one attached hydrogen (secondary N) is 2. The minimum Gasteiger partial charge on any atom is -0.390 e. The zero-order valence-electron chi connectivity index (χ0n) is 13.9. The average Bonchev–Trinajstić information content (AvgIpc) is 3.32. The highest BCUT2D eigenvalue weighted by molar-refractivity contribution is 7.99. The second-order valence-corrected chi connectivity index (χ2v) is 6.91. The number of benzene rings is 1. The van der Waals surface area contributed by atoms with Crippen LogP contribution in [0.2, 0.25) is 0 Å². The van der Waals surface area contributed by atoms with Gasteiger partial charge in [0, 0.05) is 11.7 Å². The molecule has 0 spiro atoms. The Morgan fingerprint density at radius 3 is 2.85 bits per heavy atom. The largest absolute Gasteiger partial charge is 0.390 e. The summed E-state index contributed by atoms with van der Waals surface area (Å²) in [6.45, 7) is -0.208. The van der Waals surface area contributed by atoms with Crippen molar-refractivity contribution in [2.24, 2.45) is 0 Å². The molecule has 1 aliphatic carbocycles. The summed E-state index contributed by atoms with van der Waals surface area (Å²) in [5.74, 6) is -0.850. The van der Waals surface area contributed by atoms with Gasteiger partial charge in [-0.3, -0.25) is 9.59 Å². The van der Waals surface area contributed by atoms with E-state index in [0.717, 1.165) is 24.6 Å². The smallest absolute Gasteiger partial charge is 0.240 e. The molecule has 2 amide bonds. The van der Waals surface area contributed by atoms with Crippen molar-refractivity contribution >= 4 is 29.3 Å². The van der Waals surface area contributed by atoms with Crippen LogP contribution >= 0.6 is 11.8 Å². The number of carbonyl (C=O) groups excluding carboxylic acids is 2. The Kier molecular flexibility index (Phi) is 5.89. The van der Waals surface area contributed by atoms with Gasteiger partial charge in [-0.05, 0) is 31.0 Å². The fraction of sp³-hybridized carbons (Fsp3) is 0.353. The molecule has 1 aromatic heterocycles. The fourth-order valence-electron chi connectivity index (χ4n) is 2.34. The van der Waals surface area contributed by atoms with Gasteiger partial charge in [0.25, 0.3) is 0 Å². The first-order valence-corrected chi connectivity index (χ1v) is 9.16. The Balaban J connectivity index is 1.59. The molecule has 1 saturated carbocycles. The summed E-state index contributed by atoms with van der Waals surface area (Å²) < 4.78 is 14.7. The van der Waals surface area contributed by atoms with Crippen LogP contribution in [0.15, 0.2) is 35.6 Å². The lowest BCUT2D eigenvalue weighted by atomic mass is 10.3. The highest BCUT2D eigenvalue weighted by Gasteiger charge is 2.24. The van der Waals surface area contributed by atoms with E-state index in [1.165, 1.54) is 24.4 Å². The standard InChI is InChI=1S/C17H19FN4O3S/c18-11-2-1-3-13(6-11)21-16(25)10-26-17-19-7-14(9-23)22(17)8-15(24)20-12-4-5-12/h1-3,6-7,12,23H,4-5,8-10H2,(H,20,24)(H,21,25). The van der Waals surface area contributed by atoms with Gasteiger partial charge in [-0.25, -0.2) is 9.37 Å². The molecule has 2 aromatic rings. The van der Waals surface area contributed by atoms with Gasteiger partial charge in [-0.15, -0.1) is 0 Å². The minimum atomic E-state index is -0.430. The Bertz CT molecular complexity index is 807. The molecule has 0 atom stereocenters. The van der Waals surface area contributed by atoms with Crippen molar-refractivity contribution in [3.8, 4) is 0 Å². The quantitative estimate of drug-likeness (QED) is 0.606. The second-order valence-electron chi connectivity index (χ2n) is 5.97. The van der Waals surface area contributed by atoms with Crippen molar-refractivity contribution in [3.05, 3.63) is 42.0 Å². The Morgan fingerprint density at radius 1 is 1.35 bits per heavy atom. The van der Waals surface area contributed by atoms with E-state index in [2.05, 4.69) is 15.6 Å². The van der Waals surface area contributed by atoms with Crippen molar-refractivity contribution in [2.75, 3.05) is 11.1 Å². The van der Waals surface area contributed by atoms with Crippen LogP contribution in [0.3, 0.4) is 0 Å². The normalized spacial score (nSPS) is 13.5. The third kappa shape index (κ3) is 5.06. The molecule has 0 unspecified atom stereocenters. The molecule has 1 fully saturated rings. The predicted molar refractivity (Wildman–Crippen MR) is 95.1 cm³/mol. The number of carbonyl (C=O) groups is 2. The maximum absolute atomic E-state index is 13.1. The van der Waals surface area contributed by atoms with Crippen LogP contribution < -0.4 is 10.6 Å². The zero-order valence-corrected chi connectivity index (χ0v) is 14.8. The van der Waals surface area contributed by atoms with Gasteiger partial charge in [0.15, 0.2) is 5.16 Å². The molecule has 138 valence electrons. The van der Waals surface area contributed by atoms with Gasteiger partial charge in [0.05, 0.1) is 24.3 Å². The van der Waals surface area contributed by atoms with Gasteiger partial charge in [0.2, 0.25) is 11.8 Å². The van der Waals surface area contributed by atoms with Crippen LogP contribution in [0, 0.1) is 5.82 Å². The molecule has 1 aromatic carbocycles. The Hall–Kier alpha value is -2.39. The summed E-state index contributed by atoms with van der Waals surface area (Å²) in [5, 5.41) is 15.4. The van der Waals surface area contributed by atoms with Crippen molar-refractivity contribution in [2.45, 2.75) is 37.2 Å². The van der Waals surface area contributed by atoms with Crippen LogP contribution in [0.25, 0.3) is 0 Å². The number of amides is 2. The van der Waals surface area contributed by atoms with E-state index in [1.54, 1.807) is 10.6 Å². The summed E-state index contributed by atoms with van der Waals surface area (Å²) in [4.78, 5) is 28.2. The molecule has 0 aliphatic heterocycles. The van der Waals surface area contributed by atoms with Crippen molar-refractivity contribution < 1.29 is 19.1 Å². The SMILES string of the molecule is O=C(CSc1ncc(CO)n1CC(=O)NC1CC1)Nc1cccc(F)c1. The number of hydrogen-bond acceptors (Lipinski definition) is 5. The Morgan fingerprint density at radius 2 is 2.15 bits per heavy atom. The van der Waals surface area contributed by atoms with Gasteiger partial charge in [-0.2, -0.15) is 0 Å². The van der Waals surface area contributed by atoms with Crippen LogP contribution in [0.5, 0.6) is 0 Å². The molecular weight excluding hydrogens is 359 g/mol. The summed E-state index contributed by atoms with van der Waals surface area (Å²) in [7, 11) is 0. The first kappa shape index (κ1) is 18.4. The third-order valence-corrected chi connectivity index (χ3v) is 4.74. The average molecular weight is 378 g/mol. The van der Waals surface area contributed by atoms with Gasteiger partial charge in [0.1, 0.15) is 12.4 Å². The van der Waals surface area contributed by atoms with Crippen molar-refractivity contribution in [1.82, 2.24) is 14.9 Å².